The summed E-state index contributed by atoms with van der Waals surface area (Å²) >= 11 is 1.67. The molecule has 1 N–H and O–H groups in total. The van der Waals surface area contributed by atoms with Crippen molar-refractivity contribution < 1.29 is 9.59 Å². The minimum Gasteiger partial charge on any atom is -0.354 e. The number of hydrogen-bond donors (Lipinski definition) is 1. The lowest BCUT2D eigenvalue weighted by Crippen LogP contribution is -2.49. The van der Waals surface area contributed by atoms with Gasteiger partial charge in [0.1, 0.15) is 6.04 Å². The van der Waals surface area contributed by atoms with Gasteiger partial charge in [0.25, 0.3) is 0 Å². The van der Waals surface area contributed by atoms with Gasteiger partial charge in [-0.3, -0.25) is 9.59 Å². The Morgan fingerprint density at radius 2 is 1.70 bits per heavy atom. The van der Waals surface area contributed by atoms with Crippen molar-refractivity contribution in [3.05, 3.63) is 65.7 Å². The van der Waals surface area contributed by atoms with E-state index in [2.05, 4.69) is 19.2 Å². The Morgan fingerprint density at radius 1 is 1.03 bits per heavy atom. The zero-order valence-corrected chi connectivity index (χ0v) is 19.4. The highest BCUT2D eigenvalue weighted by atomic mass is 32.2. The number of nitrogens with zero attached hydrogens (tertiary/aromatic N) is 1. The Hall–Kier alpha value is -2.27. The lowest BCUT2D eigenvalue weighted by Gasteiger charge is -2.31. The Labute approximate surface area is 185 Å². The molecule has 0 saturated carbocycles. The average Bonchev–Trinajstić information content (AvgIpc) is 2.74. The standard InChI is InChI=1S/C25H34N2O2S/c1-5-23(25(29)26-17-19(2)3)27(18-21-13-11-20(4)12-14-21)24(28)15-16-30-22-9-7-6-8-10-22/h6-14,19,23H,5,15-18H2,1-4H3,(H,26,29)/t23-/m0/s1. The minimum atomic E-state index is -0.459. The predicted molar refractivity (Wildman–Crippen MR) is 125 cm³/mol. The second kappa shape index (κ2) is 12.4. The summed E-state index contributed by atoms with van der Waals surface area (Å²) in [6.45, 7) is 9.21. The number of nitrogens with one attached hydrogen (secondary N) is 1. The van der Waals surface area contributed by atoms with Crippen LogP contribution in [0.4, 0.5) is 0 Å². The van der Waals surface area contributed by atoms with Gasteiger partial charge >= 0.3 is 0 Å². The van der Waals surface area contributed by atoms with Crippen molar-refractivity contribution in [2.75, 3.05) is 12.3 Å². The number of rotatable bonds is 11. The molecule has 2 rings (SSSR count). The molecule has 4 nitrogen and oxygen atoms in total. The van der Waals surface area contributed by atoms with Crippen molar-refractivity contribution in [3.63, 3.8) is 0 Å². The van der Waals surface area contributed by atoms with Gasteiger partial charge < -0.3 is 10.2 Å². The molecular weight excluding hydrogens is 392 g/mol. The van der Waals surface area contributed by atoms with Crippen LogP contribution in [0.25, 0.3) is 0 Å². The Morgan fingerprint density at radius 3 is 2.30 bits per heavy atom. The van der Waals surface area contributed by atoms with Crippen LogP contribution in [-0.2, 0) is 16.1 Å². The maximum Gasteiger partial charge on any atom is 0.242 e. The summed E-state index contributed by atoms with van der Waals surface area (Å²) in [5.41, 5.74) is 2.22. The van der Waals surface area contributed by atoms with Crippen molar-refractivity contribution in [2.24, 2.45) is 5.92 Å². The van der Waals surface area contributed by atoms with E-state index in [1.807, 2.05) is 68.4 Å². The number of amides is 2. The zero-order chi connectivity index (χ0) is 21.9. The third kappa shape index (κ3) is 7.86. The largest absolute Gasteiger partial charge is 0.354 e. The fraction of sp³-hybridized carbons (Fsp3) is 0.440. The van der Waals surface area contributed by atoms with Crippen LogP contribution in [0.1, 0.15) is 44.7 Å². The molecule has 0 aromatic heterocycles. The molecule has 0 aliphatic rings. The lowest BCUT2D eigenvalue weighted by atomic mass is 10.1. The summed E-state index contributed by atoms with van der Waals surface area (Å²) in [5, 5.41) is 3.01. The van der Waals surface area contributed by atoms with E-state index < -0.39 is 6.04 Å². The molecule has 5 heteroatoms. The maximum absolute atomic E-state index is 13.2. The molecule has 0 radical (unpaired) electrons. The third-order valence-corrected chi connectivity index (χ3v) is 5.89. The molecule has 0 fully saturated rings. The highest BCUT2D eigenvalue weighted by molar-refractivity contribution is 7.99. The smallest absolute Gasteiger partial charge is 0.242 e. The van der Waals surface area contributed by atoms with E-state index in [4.69, 9.17) is 0 Å². The van der Waals surface area contributed by atoms with Crippen molar-refractivity contribution in [3.8, 4) is 0 Å². The average molecular weight is 427 g/mol. The van der Waals surface area contributed by atoms with Crippen LogP contribution in [0.3, 0.4) is 0 Å². The SMILES string of the molecule is CC[C@@H](C(=O)NCC(C)C)N(Cc1ccc(C)cc1)C(=O)CCSc1ccccc1. The fourth-order valence-electron chi connectivity index (χ4n) is 3.15. The van der Waals surface area contributed by atoms with Crippen LogP contribution in [0.2, 0.25) is 0 Å². The lowest BCUT2D eigenvalue weighted by molar-refractivity contribution is -0.141. The number of carbonyl (C=O) groups excluding carboxylic acids is 2. The first kappa shape index (κ1) is 24.0. The molecule has 0 spiro atoms. The molecule has 162 valence electrons. The number of carbonyl (C=O) groups is 2. The molecular formula is C25H34N2O2S. The van der Waals surface area contributed by atoms with E-state index in [1.165, 1.54) is 5.56 Å². The summed E-state index contributed by atoms with van der Waals surface area (Å²) in [7, 11) is 0. The molecule has 30 heavy (non-hydrogen) atoms. The second-order valence-corrected chi connectivity index (χ2v) is 9.15. The van der Waals surface area contributed by atoms with Gasteiger partial charge in [-0.15, -0.1) is 11.8 Å². The predicted octanol–water partition coefficient (Wildman–Crippen LogP) is 5.06. The molecule has 2 aromatic carbocycles. The van der Waals surface area contributed by atoms with Gasteiger partial charge in [0.15, 0.2) is 0 Å². The Bertz CT molecular complexity index is 791. The first-order valence-corrected chi connectivity index (χ1v) is 11.7. The highest BCUT2D eigenvalue weighted by Crippen LogP contribution is 2.20. The van der Waals surface area contributed by atoms with E-state index >= 15 is 0 Å². The molecule has 2 amide bonds. The van der Waals surface area contributed by atoms with E-state index in [0.717, 1.165) is 10.5 Å². The van der Waals surface area contributed by atoms with Crippen LogP contribution in [-0.4, -0.2) is 35.1 Å². The van der Waals surface area contributed by atoms with Crippen LogP contribution < -0.4 is 5.32 Å². The minimum absolute atomic E-state index is 0.0190. The van der Waals surface area contributed by atoms with Gasteiger partial charge in [0.2, 0.25) is 11.8 Å². The first-order valence-electron chi connectivity index (χ1n) is 10.7. The summed E-state index contributed by atoms with van der Waals surface area (Å²) in [4.78, 5) is 28.9. The number of aryl methyl sites for hydroxylation is 1. The van der Waals surface area contributed by atoms with E-state index in [-0.39, 0.29) is 11.8 Å². The number of hydrogen-bond acceptors (Lipinski definition) is 3. The molecule has 1 atom stereocenters. The normalized spacial score (nSPS) is 11.9. The number of benzene rings is 2. The highest BCUT2D eigenvalue weighted by Gasteiger charge is 2.28. The van der Waals surface area contributed by atoms with Gasteiger partial charge in [-0.1, -0.05) is 68.8 Å². The van der Waals surface area contributed by atoms with Crippen molar-refractivity contribution in [2.45, 2.75) is 58.0 Å². The molecule has 2 aromatic rings. The van der Waals surface area contributed by atoms with Gasteiger partial charge in [0, 0.05) is 30.2 Å². The summed E-state index contributed by atoms with van der Waals surface area (Å²) in [6.07, 6.45) is 0.993. The van der Waals surface area contributed by atoms with E-state index in [9.17, 15) is 9.59 Å². The first-order chi connectivity index (χ1) is 14.4. The summed E-state index contributed by atoms with van der Waals surface area (Å²) in [6, 6.07) is 17.8. The van der Waals surface area contributed by atoms with Crippen LogP contribution >= 0.6 is 11.8 Å². The van der Waals surface area contributed by atoms with Gasteiger partial charge in [-0.05, 0) is 37.0 Å². The zero-order valence-electron chi connectivity index (χ0n) is 18.6. The number of thioether (sulfide) groups is 1. The molecule has 0 aliphatic heterocycles. The van der Waals surface area contributed by atoms with Crippen LogP contribution in [0.5, 0.6) is 0 Å². The third-order valence-electron chi connectivity index (χ3n) is 4.87. The fourth-order valence-corrected chi connectivity index (χ4v) is 4.01. The summed E-state index contributed by atoms with van der Waals surface area (Å²) in [5.74, 6) is 1.01. The van der Waals surface area contributed by atoms with Crippen molar-refractivity contribution >= 4 is 23.6 Å². The van der Waals surface area contributed by atoms with Crippen molar-refractivity contribution in [1.82, 2.24) is 10.2 Å². The monoisotopic (exact) mass is 426 g/mol. The van der Waals surface area contributed by atoms with Crippen molar-refractivity contribution in [1.29, 1.82) is 0 Å². The quantitative estimate of drug-likeness (QED) is 0.511. The van der Waals surface area contributed by atoms with E-state index in [0.29, 0.717) is 37.6 Å². The van der Waals surface area contributed by atoms with Crippen LogP contribution in [0.15, 0.2) is 59.5 Å². The van der Waals surface area contributed by atoms with E-state index in [1.54, 1.807) is 16.7 Å². The van der Waals surface area contributed by atoms with Gasteiger partial charge in [-0.25, -0.2) is 0 Å². The molecule has 0 heterocycles. The molecule has 0 aliphatic carbocycles. The Balaban J connectivity index is 2.10. The Kier molecular flexibility index (Phi) is 9.95. The van der Waals surface area contributed by atoms with Crippen LogP contribution in [0, 0.1) is 12.8 Å². The summed E-state index contributed by atoms with van der Waals surface area (Å²) < 4.78 is 0. The molecule has 0 unspecified atom stereocenters. The molecule has 0 saturated heterocycles. The molecule has 0 bridgehead atoms. The maximum atomic E-state index is 13.2. The van der Waals surface area contributed by atoms with Gasteiger partial charge in [0.05, 0.1) is 0 Å². The van der Waals surface area contributed by atoms with Gasteiger partial charge in [-0.2, -0.15) is 0 Å². The topological polar surface area (TPSA) is 49.4 Å². The second-order valence-electron chi connectivity index (χ2n) is 7.98.